The molecule has 2 aromatic rings. The van der Waals surface area contributed by atoms with Gasteiger partial charge in [-0.1, -0.05) is 35.6 Å². The highest BCUT2D eigenvalue weighted by atomic mass is 32.1. The Balaban J connectivity index is 1.66. The SMILES string of the molecule is Cc1csc(=O)n1CC(=O)NC[C@]1(O)CCc2ccccc21. The van der Waals surface area contributed by atoms with E-state index in [0.29, 0.717) is 6.42 Å². The number of thiazole rings is 1. The number of aromatic nitrogens is 1. The standard InChI is InChI=1S/C16H18N2O3S/c1-11-9-22-15(20)18(11)8-14(19)17-10-16(21)7-6-12-4-2-3-5-13(12)16/h2-5,9,21H,6-8,10H2,1H3,(H,17,19)/t16-/m1/s1. The molecule has 0 bridgehead atoms. The molecule has 0 saturated carbocycles. The molecule has 0 fully saturated rings. The lowest BCUT2D eigenvalue weighted by molar-refractivity contribution is -0.123. The third kappa shape index (κ3) is 2.71. The van der Waals surface area contributed by atoms with E-state index in [1.165, 1.54) is 4.57 Å². The van der Waals surface area contributed by atoms with E-state index in [1.807, 2.05) is 24.3 Å². The molecule has 0 spiro atoms. The van der Waals surface area contributed by atoms with Crippen molar-refractivity contribution < 1.29 is 9.90 Å². The Morgan fingerprint density at radius 3 is 2.95 bits per heavy atom. The van der Waals surface area contributed by atoms with Gasteiger partial charge in [0.1, 0.15) is 12.1 Å². The van der Waals surface area contributed by atoms with Gasteiger partial charge < -0.3 is 10.4 Å². The predicted molar refractivity (Wildman–Crippen MR) is 85.0 cm³/mol. The van der Waals surface area contributed by atoms with Gasteiger partial charge in [0.2, 0.25) is 5.91 Å². The van der Waals surface area contributed by atoms with Crippen molar-refractivity contribution in [1.82, 2.24) is 9.88 Å². The lowest BCUT2D eigenvalue weighted by Gasteiger charge is -2.24. The molecule has 0 unspecified atom stereocenters. The van der Waals surface area contributed by atoms with Crippen molar-refractivity contribution in [3.63, 3.8) is 0 Å². The first-order chi connectivity index (χ1) is 10.5. The summed E-state index contributed by atoms with van der Waals surface area (Å²) in [7, 11) is 0. The van der Waals surface area contributed by atoms with Gasteiger partial charge in [0.25, 0.3) is 0 Å². The molecule has 116 valence electrons. The van der Waals surface area contributed by atoms with Crippen molar-refractivity contribution in [1.29, 1.82) is 0 Å². The van der Waals surface area contributed by atoms with Crippen LogP contribution in [0.3, 0.4) is 0 Å². The molecule has 1 aliphatic carbocycles. The first-order valence-electron chi connectivity index (χ1n) is 7.22. The van der Waals surface area contributed by atoms with Crippen LogP contribution in [0.15, 0.2) is 34.4 Å². The zero-order valence-corrected chi connectivity index (χ0v) is 13.2. The van der Waals surface area contributed by atoms with Gasteiger partial charge in [0, 0.05) is 11.1 Å². The van der Waals surface area contributed by atoms with Crippen molar-refractivity contribution in [3.8, 4) is 0 Å². The molecular formula is C16H18N2O3S. The molecule has 6 heteroatoms. The minimum Gasteiger partial charge on any atom is -0.383 e. The molecule has 2 N–H and O–H groups in total. The maximum atomic E-state index is 12.0. The van der Waals surface area contributed by atoms with Gasteiger partial charge in [-0.3, -0.25) is 14.2 Å². The highest BCUT2D eigenvalue weighted by molar-refractivity contribution is 7.07. The summed E-state index contributed by atoms with van der Waals surface area (Å²) in [5.41, 5.74) is 1.78. The van der Waals surface area contributed by atoms with Crippen LogP contribution in [0.5, 0.6) is 0 Å². The van der Waals surface area contributed by atoms with Crippen molar-refractivity contribution in [2.75, 3.05) is 6.54 Å². The maximum Gasteiger partial charge on any atom is 0.307 e. The van der Waals surface area contributed by atoms with E-state index in [1.54, 1.807) is 12.3 Å². The van der Waals surface area contributed by atoms with Crippen LogP contribution in [0.4, 0.5) is 0 Å². The van der Waals surface area contributed by atoms with Gasteiger partial charge in [-0.15, -0.1) is 0 Å². The van der Waals surface area contributed by atoms with Gasteiger partial charge in [-0.05, 0) is 30.9 Å². The molecule has 0 aliphatic heterocycles. The Morgan fingerprint density at radius 1 is 1.45 bits per heavy atom. The number of aryl methyl sites for hydroxylation is 2. The number of nitrogens with zero attached hydrogens (tertiary/aromatic N) is 1. The summed E-state index contributed by atoms with van der Waals surface area (Å²) in [6.07, 6.45) is 1.41. The lowest BCUT2D eigenvalue weighted by Crippen LogP contribution is -2.41. The summed E-state index contributed by atoms with van der Waals surface area (Å²) in [5.74, 6) is -0.263. The molecule has 1 aromatic heterocycles. The fourth-order valence-electron chi connectivity index (χ4n) is 2.89. The number of amides is 1. The third-order valence-corrected chi connectivity index (χ3v) is 5.06. The van der Waals surface area contributed by atoms with E-state index in [4.69, 9.17) is 0 Å². The Kier molecular flexibility index (Phi) is 3.88. The molecule has 3 rings (SSSR count). The smallest absolute Gasteiger partial charge is 0.307 e. The Labute approximate surface area is 132 Å². The highest BCUT2D eigenvalue weighted by Gasteiger charge is 2.36. The summed E-state index contributed by atoms with van der Waals surface area (Å²) in [5, 5.41) is 15.2. The molecule has 5 nitrogen and oxygen atoms in total. The first kappa shape index (κ1) is 15.0. The summed E-state index contributed by atoms with van der Waals surface area (Å²) >= 11 is 1.08. The summed E-state index contributed by atoms with van der Waals surface area (Å²) in [6.45, 7) is 1.96. The van der Waals surface area contributed by atoms with E-state index in [0.717, 1.165) is 34.6 Å². The van der Waals surface area contributed by atoms with Gasteiger partial charge in [0.05, 0.1) is 6.54 Å². The molecule has 1 amide bonds. The average molecular weight is 318 g/mol. The first-order valence-corrected chi connectivity index (χ1v) is 8.10. The number of benzene rings is 1. The normalized spacial score (nSPS) is 19.9. The Hall–Kier alpha value is -1.92. The van der Waals surface area contributed by atoms with E-state index >= 15 is 0 Å². The molecule has 1 aliphatic rings. The van der Waals surface area contributed by atoms with Gasteiger partial charge >= 0.3 is 4.87 Å². The minimum absolute atomic E-state index is 0.00804. The van der Waals surface area contributed by atoms with Gasteiger partial charge in [-0.2, -0.15) is 0 Å². The van der Waals surface area contributed by atoms with Gasteiger partial charge in [0.15, 0.2) is 0 Å². The zero-order chi connectivity index (χ0) is 15.7. The zero-order valence-electron chi connectivity index (χ0n) is 12.3. The van der Waals surface area contributed by atoms with Crippen LogP contribution in [0.2, 0.25) is 0 Å². The van der Waals surface area contributed by atoms with E-state index in [9.17, 15) is 14.7 Å². The van der Waals surface area contributed by atoms with Crippen LogP contribution < -0.4 is 10.2 Å². The molecule has 22 heavy (non-hydrogen) atoms. The summed E-state index contributed by atoms with van der Waals surface area (Å²) in [6, 6.07) is 7.76. The molecule has 0 saturated heterocycles. The maximum absolute atomic E-state index is 12.0. The largest absolute Gasteiger partial charge is 0.383 e. The van der Waals surface area contributed by atoms with Crippen LogP contribution in [-0.2, 0) is 23.4 Å². The third-order valence-electron chi connectivity index (χ3n) is 4.18. The molecule has 1 aromatic carbocycles. The number of fused-ring (bicyclic) bond motifs is 1. The Bertz CT molecular complexity index is 765. The second-order valence-corrected chi connectivity index (χ2v) is 6.52. The van der Waals surface area contributed by atoms with E-state index in [-0.39, 0.29) is 23.9 Å². The fraction of sp³-hybridized carbons (Fsp3) is 0.375. The van der Waals surface area contributed by atoms with Crippen molar-refractivity contribution in [2.45, 2.75) is 31.9 Å². The number of nitrogens with one attached hydrogen (secondary N) is 1. The van der Waals surface area contributed by atoms with Crippen molar-refractivity contribution in [3.05, 3.63) is 56.1 Å². The van der Waals surface area contributed by atoms with E-state index in [2.05, 4.69) is 5.32 Å². The Morgan fingerprint density at radius 2 is 2.23 bits per heavy atom. The average Bonchev–Trinajstić information content (AvgIpc) is 3.01. The van der Waals surface area contributed by atoms with Crippen LogP contribution >= 0.6 is 11.3 Å². The molecule has 0 radical (unpaired) electrons. The minimum atomic E-state index is -1.01. The molecule has 1 atom stereocenters. The number of carbonyl (C=O) groups excluding carboxylic acids is 1. The number of hydrogen-bond donors (Lipinski definition) is 2. The van der Waals surface area contributed by atoms with E-state index < -0.39 is 5.60 Å². The van der Waals surface area contributed by atoms with Crippen LogP contribution in [0, 0.1) is 6.92 Å². The predicted octanol–water partition coefficient (Wildman–Crippen LogP) is 1.17. The van der Waals surface area contributed by atoms with Crippen molar-refractivity contribution in [2.24, 2.45) is 0 Å². The summed E-state index contributed by atoms with van der Waals surface area (Å²) in [4.78, 5) is 23.5. The summed E-state index contributed by atoms with van der Waals surface area (Å²) < 4.78 is 1.44. The number of carbonyl (C=O) groups is 1. The second-order valence-electron chi connectivity index (χ2n) is 5.69. The molecular weight excluding hydrogens is 300 g/mol. The van der Waals surface area contributed by atoms with Crippen LogP contribution in [0.25, 0.3) is 0 Å². The quantitative estimate of drug-likeness (QED) is 0.889. The number of rotatable bonds is 4. The van der Waals surface area contributed by atoms with Gasteiger partial charge in [-0.25, -0.2) is 0 Å². The van der Waals surface area contributed by atoms with Crippen LogP contribution in [0.1, 0.15) is 23.2 Å². The number of hydrogen-bond acceptors (Lipinski definition) is 4. The topological polar surface area (TPSA) is 71.3 Å². The van der Waals surface area contributed by atoms with Crippen LogP contribution in [-0.4, -0.2) is 22.1 Å². The fourth-order valence-corrected chi connectivity index (χ4v) is 3.63. The number of aliphatic hydroxyl groups is 1. The molecule has 1 heterocycles. The van der Waals surface area contributed by atoms with Crippen molar-refractivity contribution >= 4 is 17.2 Å². The highest BCUT2D eigenvalue weighted by Crippen LogP contribution is 2.36. The lowest BCUT2D eigenvalue weighted by atomic mass is 9.96. The second kappa shape index (κ2) is 5.70. The monoisotopic (exact) mass is 318 g/mol.